The first kappa shape index (κ1) is 13.5. The van der Waals surface area contributed by atoms with Crippen LogP contribution in [0.1, 0.15) is 11.6 Å². The van der Waals surface area contributed by atoms with E-state index in [9.17, 15) is 4.39 Å². The van der Waals surface area contributed by atoms with E-state index < -0.39 is 0 Å². The molecule has 1 atom stereocenters. The van der Waals surface area contributed by atoms with Crippen LogP contribution in [0.5, 0.6) is 0 Å². The molecule has 0 amide bonds. The summed E-state index contributed by atoms with van der Waals surface area (Å²) in [5, 5.41) is 3.36. The molecule has 100 valence electrons. The van der Waals surface area contributed by atoms with Crippen LogP contribution in [0.4, 0.5) is 4.39 Å². The van der Waals surface area contributed by atoms with Crippen molar-refractivity contribution in [1.82, 2.24) is 15.1 Å². The molecule has 4 heteroatoms. The molecule has 1 N–H and O–H groups in total. The number of piperazine rings is 1. The summed E-state index contributed by atoms with van der Waals surface area (Å²) in [5.74, 6) is -0.168. The molecule has 1 aliphatic heterocycles. The lowest BCUT2D eigenvalue weighted by Crippen LogP contribution is -2.46. The molecular formula is C14H22FN3. The van der Waals surface area contributed by atoms with E-state index >= 15 is 0 Å². The van der Waals surface area contributed by atoms with Crippen molar-refractivity contribution in [2.75, 3.05) is 46.8 Å². The molecule has 1 saturated heterocycles. The molecule has 0 aromatic heterocycles. The van der Waals surface area contributed by atoms with Gasteiger partial charge in [-0.2, -0.15) is 0 Å². The summed E-state index contributed by atoms with van der Waals surface area (Å²) >= 11 is 0. The largest absolute Gasteiger partial charge is 0.314 e. The van der Waals surface area contributed by atoms with Gasteiger partial charge in [-0.3, -0.25) is 4.90 Å². The normalized spacial score (nSPS) is 19.1. The standard InChI is InChI=1S/C14H22FN3/c1-17(2)14(11-18-9-7-16-8-10-18)12-3-5-13(15)6-4-12/h3-6,14,16H,7-11H2,1-2H3. The minimum Gasteiger partial charge on any atom is -0.314 e. The maximum Gasteiger partial charge on any atom is 0.123 e. The molecular weight excluding hydrogens is 229 g/mol. The summed E-state index contributed by atoms with van der Waals surface area (Å²) in [5.41, 5.74) is 1.18. The summed E-state index contributed by atoms with van der Waals surface area (Å²) in [6, 6.07) is 7.20. The topological polar surface area (TPSA) is 18.5 Å². The minimum absolute atomic E-state index is 0.168. The quantitative estimate of drug-likeness (QED) is 0.871. The van der Waals surface area contributed by atoms with Crippen molar-refractivity contribution < 1.29 is 4.39 Å². The Hall–Kier alpha value is -0.970. The van der Waals surface area contributed by atoms with Crippen molar-refractivity contribution in [1.29, 1.82) is 0 Å². The highest BCUT2D eigenvalue weighted by atomic mass is 19.1. The van der Waals surface area contributed by atoms with Crippen LogP contribution in [-0.2, 0) is 0 Å². The molecule has 0 radical (unpaired) electrons. The lowest BCUT2D eigenvalue weighted by Gasteiger charge is -2.34. The van der Waals surface area contributed by atoms with Crippen LogP contribution in [-0.4, -0.2) is 56.6 Å². The molecule has 0 bridgehead atoms. The summed E-state index contributed by atoms with van der Waals surface area (Å²) < 4.78 is 13.0. The molecule has 1 fully saturated rings. The Morgan fingerprint density at radius 1 is 1.22 bits per heavy atom. The number of nitrogens with one attached hydrogen (secondary N) is 1. The van der Waals surface area contributed by atoms with Crippen LogP contribution >= 0.6 is 0 Å². The van der Waals surface area contributed by atoms with Gasteiger partial charge in [-0.25, -0.2) is 4.39 Å². The smallest absolute Gasteiger partial charge is 0.123 e. The average Bonchev–Trinajstić information content (AvgIpc) is 2.38. The van der Waals surface area contributed by atoms with Crippen molar-refractivity contribution in [3.05, 3.63) is 35.6 Å². The Bertz CT molecular complexity index is 358. The van der Waals surface area contributed by atoms with Crippen molar-refractivity contribution in [2.24, 2.45) is 0 Å². The van der Waals surface area contributed by atoms with Gasteiger partial charge in [0.25, 0.3) is 0 Å². The second-order valence-electron chi connectivity index (χ2n) is 5.08. The maximum absolute atomic E-state index is 13.0. The highest BCUT2D eigenvalue weighted by molar-refractivity contribution is 5.20. The van der Waals surface area contributed by atoms with Crippen LogP contribution in [0.25, 0.3) is 0 Å². The number of hydrogen-bond donors (Lipinski definition) is 1. The number of likely N-dealkylation sites (N-methyl/N-ethyl adjacent to an activating group) is 1. The van der Waals surface area contributed by atoms with Gasteiger partial charge in [-0.15, -0.1) is 0 Å². The molecule has 2 rings (SSSR count). The first-order valence-electron chi connectivity index (χ1n) is 6.52. The Balaban J connectivity index is 2.05. The molecule has 1 aromatic carbocycles. The fourth-order valence-corrected chi connectivity index (χ4v) is 2.39. The van der Waals surface area contributed by atoms with Gasteiger partial charge in [-0.05, 0) is 31.8 Å². The van der Waals surface area contributed by atoms with Crippen LogP contribution in [0.3, 0.4) is 0 Å². The van der Waals surface area contributed by atoms with Gasteiger partial charge in [0.1, 0.15) is 5.82 Å². The molecule has 0 aliphatic carbocycles. The van der Waals surface area contributed by atoms with E-state index in [-0.39, 0.29) is 5.82 Å². The fraction of sp³-hybridized carbons (Fsp3) is 0.571. The molecule has 1 heterocycles. The van der Waals surface area contributed by atoms with E-state index in [2.05, 4.69) is 29.2 Å². The summed E-state index contributed by atoms with van der Waals surface area (Å²) in [4.78, 5) is 4.67. The van der Waals surface area contributed by atoms with Crippen molar-refractivity contribution >= 4 is 0 Å². The number of rotatable bonds is 4. The first-order valence-corrected chi connectivity index (χ1v) is 6.52. The van der Waals surface area contributed by atoms with E-state index in [4.69, 9.17) is 0 Å². The second-order valence-corrected chi connectivity index (χ2v) is 5.08. The number of benzene rings is 1. The monoisotopic (exact) mass is 251 g/mol. The molecule has 0 saturated carbocycles. The number of halogens is 1. The third-order valence-electron chi connectivity index (χ3n) is 3.52. The van der Waals surface area contributed by atoms with E-state index in [1.54, 1.807) is 12.1 Å². The number of nitrogens with zero attached hydrogens (tertiary/aromatic N) is 2. The zero-order chi connectivity index (χ0) is 13.0. The highest BCUT2D eigenvalue weighted by Gasteiger charge is 2.19. The van der Waals surface area contributed by atoms with Gasteiger partial charge in [0.05, 0.1) is 0 Å². The van der Waals surface area contributed by atoms with Crippen LogP contribution in [0.2, 0.25) is 0 Å². The Morgan fingerprint density at radius 3 is 2.39 bits per heavy atom. The fourth-order valence-electron chi connectivity index (χ4n) is 2.39. The minimum atomic E-state index is -0.168. The van der Waals surface area contributed by atoms with Crippen LogP contribution < -0.4 is 5.32 Å². The second kappa shape index (κ2) is 6.27. The predicted molar refractivity (Wildman–Crippen MR) is 72.1 cm³/mol. The molecule has 18 heavy (non-hydrogen) atoms. The summed E-state index contributed by atoms with van der Waals surface area (Å²) in [6.45, 7) is 5.30. The highest BCUT2D eigenvalue weighted by Crippen LogP contribution is 2.20. The Kier molecular flexibility index (Phi) is 4.69. The van der Waals surface area contributed by atoms with E-state index in [1.165, 1.54) is 5.56 Å². The Morgan fingerprint density at radius 2 is 1.83 bits per heavy atom. The van der Waals surface area contributed by atoms with Gasteiger partial charge in [-0.1, -0.05) is 12.1 Å². The predicted octanol–water partition coefficient (Wildman–Crippen LogP) is 1.33. The van der Waals surface area contributed by atoms with E-state index in [0.29, 0.717) is 6.04 Å². The molecule has 0 spiro atoms. The number of hydrogen-bond acceptors (Lipinski definition) is 3. The molecule has 1 aromatic rings. The zero-order valence-electron chi connectivity index (χ0n) is 11.2. The van der Waals surface area contributed by atoms with E-state index in [1.807, 2.05) is 12.1 Å². The third kappa shape index (κ3) is 3.51. The van der Waals surface area contributed by atoms with Crippen molar-refractivity contribution in [2.45, 2.75) is 6.04 Å². The van der Waals surface area contributed by atoms with Crippen molar-refractivity contribution in [3.63, 3.8) is 0 Å². The first-order chi connectivity index (χ1) is 8.66. The molecule has 1 unspecified atom stereocenters. The average molecular weight is 251 g/mol. The van der Waals surface area contributed by atoms with Crippen LogP contribution in [0, 0.1) is 5.82 Å². The van der Waals surface area contributed by atoms with Crippen molar-refractivity contribution in [3.8, 4) is 0 Å². The SMILES string of the molecule is CN(C)C(CN1CCNCC1)c1ccc(F)cc1. The summed E-state index contributed by atoms with van der Waals surface area (Å²) in [7, 11) is 4.16. The lowest BCUT2D eigenvalue weighted by molar-refractivity contribution is 0.168. The van der Waals surface area contributed by atoms with Crippen LogP contribution in [0.15, 0.2) is 24.3 Å². The summed E-state index contributed by atoms with van der Waals surface area (Å²) in [6.07, 6.45) is 0. The van der Waals surface area contributed by atoms with E-state index in [0.717, 1.165) is 32.7 Å². The zero-order valence-corrected chi connectivity index (χ0v) is 11.2. The third-order valence-corrected chi connectivity index (χ3v) is 3.52. The van der Waals surface area contributed by atoms with Gasteiger partial charge in [0, 0.05) is 38.8 Å². The molecule has 3 nitrogen and oxygen atoms in total. The van der Waals surface area contributed by atoms with Gasteiger partial charge in [0.15, 0.2) is 0 Å². The molecule has 1 aliphatic rings. The van der Waals surface area contributed by atoms with Gasteiger partial charge >= 0.3 is 0 Å². The van der Waals surface area contributed by atoms with Gasteiger partial charge < -0.3 is 10.2 Å². The maximum atomic E-state index is 13.0. The van der Waals surface area contributed by atoms with Gasteiger partial charge in [0.2, 0.25) is 0 Å². The Labute approximate surface area is 109 Å². The lowest BCUT2D eigenvalue weighted by atomic mass is 10.1.